The van der Waals surface area contributed by atoms with Gasteiger partial charge < -0.3 is 18.8 Å². The summed E-state index contributed by atoms with van der Waals surface area (Å²) in [5, 5.41) is 0. The van der Waals surface area contributed by atoms with Gasteiger partial charge in [-0.15, -0.1) is 0 Å². The van der Waals surface area contributed by atoms with Gasteiger partial charge in [0, 0.05) is 19.5 Å². The number of ether oxygens (including phenoxy) is 2. The highest BCUT2D eigenvalue weighted by Gasteiger charge is 2.29. The van der Waals surface area contributed by atoms with Crippen molar-refractivity contribution in [3.63, 3.8) is 0 Å². The van der Waals surface area contributed by atoms with Crippen molar-refractivity contribution in [1.82, 2.24) is 9.88 Å². The zero-order chi connectivity index (χ0) is 20.9. The lowest BCUT2D eigenvalue weighted by atomic mass is 9.97. The molecule has 6 heteroatoms. The van der Waals surface area contributed by atoms with Crippen LogP contribution in [0.2, 0.25) is 0 Å². The van der Waals surface area contributed by atoms with Crippen LogP contribution in [-0.4, -0.2) is 43.1 Å². The van der Waals surface area contributed by atoms with Gasteiger partial charge >= 0.3 is 0 Å². The van der Waals surface area contributed by atoms with E-state index in [1.165, 1.54) is 0 Å². The Bertz CT molecular complexity index is 1010. The highest BCUT2D eigenvalue weighted by molar-refractivity contribution is 5.97. The minimum Gasteiger partial charge on any atom is -0.497 e. The third-order valence-corrected chi connectivity index (χ3v) is 5.48. The number of aromatic nitrogens is 1. The number of para-hydroxylation sites is 1. The first-order valence-electron chi connectivity index (χ1n) is 10.2. The standard InChI is InChI=1S/C24H26N2O4/c1-28-19-9-5-7-17(13-19)14-20-15-25-23(30-20)18-8-6-12-26(16-18)24(27)21-10-3-4-11-22(21)29-2/h3-5,7,9-11,13,15,18H,6,8,12,14,16H2,1-2H3. The van der Waals surface area contributed by atoms with Crippen LogP contribution in [0.15, 0.2) is 59.1 Å². The van der Waals surface area contributed by atoms with E-state index >= 15 is 0 Å². The Hall–Kier alpha value is -3.28. The molecule has 0 bridgehead atoms. The number of methoxy groups -OCH3 is 2. The van der Waals surface area contributed by atoms with E-state index in [0.29, 0.717) is 30.2 Å². The maximum absolute atomic E-state index is 13.0. The number of oxazole rings is 1. The largest absolute Gasteiger partial charge is 0.497 e. The number of piperidine rings is 1. The van der Waals surface area contributed by atoms with Crippen LogP contribution in [0.4, 0.5) is 0 Å². The Morgan fingerprint density at radius 2 is 2.03 bits per heavy atom. The molecule has 3 aromatic rings. The van der Waals surface area contributed by atoms with Crippen LogP contribution in [0.5, 0.6) is 11.5 Å². The monoisotopic (exact) mass is 406 g/mol. The topological polar surface area (TPSA) is 64.8 Å². The number of hydrogen-bond acceptors (Lipinski definition) is 5. The fourth-order valence-corrected chi connectivity index (χ4v) is 3.93. The first-order valence-corrected chi connectivity index (χ1v) is 10.2. The molecule has 0 radical (unpaired) electrons. The lowest BCUT2D eigenvalue weighted by Crippen LogP contribution is -2.39. The molecule has 1 atom stereocenters. The van der Waals surface area contributed by atoms with Gasteiger partial charge in [-0.2, -0.15) is 0 Å². The fraction of sp³-hybridized carbons (Fsp3) is 0.333. The molecule has 0 aliphatic carbocycles. The Kier molecular flexibility index (Phi) is 6.02. The highest BCUT2D eigenvalue weighted by Crippen LogP contribution is 2.29. The van der Waals surface area contributed by atoms with E-state index in [9.17, 15) is 4.79 Å². The summed E-state index contributed by atoms with van der Waals surface area (Å²) < 4.78 is 16.7. The molecule has 2 aromatic carbocycles. The van der Waals surface area contributed by atoms with E-state index in [1.807, 2.05) is 53.4 Å². The fourth-order valence-electron chi connectivity index (χ4n) is 3.93. The first kappa shape index (κ1) is 20.0. The maximum atomic E-state index is 13.0. The van der Waals surface area contributed by atoms with Gasteiger partial charge in [0.15, 0.2) is 5.89 Å². The van der Waals surface area contributed by atoms with Crippen LogP contribution < -0.4 is 9.47 Å². The van der Waals surface area contributed by atoms with Crippen molar-refractivity contribution in [2.75, 3.05) is 27.3 Å². The molecule has 30 heavy (non-hydrogen) atoms. The second-order valence-corrected chi connectivity index (χ2v) is 7.48. The van der Waals surface area contributed by atoms with Crippen molar-refractivity contribution in [1.29, 1.82) is 0 Å². The van der Waals surface area contributed by atoms with Crippen molar-refractivity contribution in [3.8, 4) is 11.5 Å². The minimum atomic E-state index is -0.0136. The lowest BCUT2D eigenvalue weighted by Gasteiger charge is -2.31. The molecule has 0 saturated carbocycles. The van der Waals surface area contributed by atoms with E-state index in [2.05, 4.69) is 4.98 Å². The SMILES string of the molecule is COc1cccc(Cc2cnc(C3CCCN(C(=O)c4ccccc4OC)C3)o2)c1. The van der Waals surface area contributed by atoms with Gasteiger partial charge in [0.05, 0.1) is 31.9 Å². The predicted octanol–water partition coefficient (Wildman–Crippen LogP) is 4.30. The van der Waals surface area contributed by atoms with Crippen LogP contribution in [0.3, 0.4) is 0 Å². The summed E-state index contributed by atoms with van der Waals surface area (Å²) in [5.74, 6) is 3.01. The van der Waals surface area contributed by atoms with E-state index in [-0.39, 0.29) is 11.8 Å². The van der Waals surface area contributed by atoms with E-state index in [0.717, 1.165) is 36.5 Å². The second kappa shape index (κ2) is 9.03. The third-order valence-electron chi connectivity index (χ3n) is 5.48. The Labute approximate surface area is 176 Å². The van der Waals surface area contributed by atoms with Crippen LogP contribution in [0.25, 0.3) is 0 Å². The number of benzene rings is 2. The molecule has 0 spiro atoms. The summed E-state index contributed by atoms with van der Waals surface area (Å²) in [6, 6.07) is 15.3. The number of nitrogens with zero attached hydrogens (tertiary/aromatic N) is 2. The number of likely N-dealkylation sites (tertiary alicyclic amines) is 1. The summed E-state index contributed by atoms with van der Waals surface area (Å²) in [4.78, 5) is 19.4. The van der Waals surface area contributed by atoms with Gasteiger partial charge in [-0.1, -0.05) is 24.3 Å². The predicted molar refractivity (Wildman–Crippen MR) is 113 cm³/mol. The van der Waals surface area contributed by atoms with Crippen LogP contribution in [-0.2, 0) is 6.42 Å². The molecule has 1 fully saturated rings. The normalized spacial score (nSPS) is 16.3. The van der Waals surface area contributed by atoms with Crippen LogP contribution in [0.1, 0.15) is 46.3 Å². The second-order valence-electron chi connectivity index (χ2n) is 7.48. The van der Waals surface area contributed by atoms with E-state index in [1.54, 1.807) is 20.4 Å². The summed E-state index contributed by atoms with van der Waals surface area (Å²) in [6.45, 7) is 1.32. The van der Waals surface area contributed by atoms with Crippen LogP contribution in [0, 0.1) is 0 Å². The smallest absolute Gasteiger partial charge is 0.257 e. The van der Waals surface area contributed by atoms with Gasteiger partial charge in [0.1, 0.15) is 17.3 Å². The molecule has 4 rings (SSSR count). The van der Waals surface area contributed by atoms with Gasteiger partial charge in [0.25, 0.3) is 5.91 Å². The Morgan fingerprint density at radius 1 is 1.17 bits per heavy atom. The molecule has 6 nitrogen and oxygen atoms in total. The number of rotatable bonds is 6. The lowest BCUT2D eigenvalue weighted by molar-refractivity contribution is 0.0694. The zero-order valence-corrected chi connectivity index (χ0v) is 17.3. The average molecular weight is 406 g/mol. The Balaban J connectivity index is 1.45. The molecular weight excluding hydrogens is 380 g/mol. The molecule has 1 saturated heterocycles. The van der Waals surface area contributed by atoms with Gasteiger partial charge in [-0.25, -0.2) is 4.98 Å². The summed E-state index contributed by atoms with van der Waals surface area (Å²) in [7, 11) is 3.24. The third kappa shape index (κ3) is 4.32. The van der Waals surface area contributed by atoms with Crippen molar-refractivity contribution in [2.24, 2.45) is 0 Å². The van der Waals surface area contributed by atoms with Crippen molar-refractivity contribution in [2.45, 2.75) is 25.2 Å². The summed E-state index contributed by atoms with van der Waals surface area (Å²) >= 11 is 0. The van der Waals surface area contributed by atoms with Crippen molar-refractivity contribution in [3.05, 3.63) is 77.5 Å². The summed E-state index contributed by atoms with van der Waals surface area (Å²) in [6.07, 6.45) is 4.31. The van der Waals surface area contributed by atoms with Gasteiger partial charge in [0.2, 0.25) is 0 Å². The molecule has 1 amide bonds. The number of carbonyl (C=O) groups is 1. The van der Waals surface area contributed by atoms with Crippen molar-refractivity contribution >= 4 is 5.91 Å². The molecular formula is C24H26N2O4. The minimum absolute atomic E-state index is 0.0136. The number of hydrogen-bond donors (Lipinski definition) is 0. The molecule has 1 aromatic heterocycles. The molecule has 2 heterocycles. The van der Waals surface area contributed by atoms with Crippen LogP contribution >= 0.6 is 0 Å². The molecule has 0 N–H and O–H groups in total. The highest BCUT2D eigenvalue weighted by atomic mass is 16.5. The maximum Gasteiger partial charge on any atom is 0.257 e. The number of carbonyl (C=O) groups excluding carboxylic acids is 1. The quantitative estimate of drug-likeness (QED) is 0.611. The van der Waals surface area contributed by atoms with Gasteiger partial charge in [-0.05, 0) is 42.7 Å². The van der Waals surface area contributed by atoms with Gasteiger partial charge in [-0.3, -0.25) is 4.79 Å². The first-order chi connectivity index (χ1) is 14.7. The molecule has 1 aliphatic rings. The van der Waals surface area contributed by atoms with Crippen molar-refractivity contribution < 1.29 is 18.7 Å². The van der Waals surface area contributed by atoms with E-state index in [4.69, 9.17) is 13.9 Å². The molecule has 1 aliphatic heterocycles. The zero-order valence-electron chi connectivity index (χ0n) is 17.3. The Morgan fingerprint density at radius 3 is 2.87 bits per heavy atom. The molecule has 156 valence electrons. The number of amides is 1. The average Bonchev–Trinajstić information content (AvgIpc) is 3.27. The van der Waals surface area contributed by atoms with E-state index < -0.39 is 0 Å². The summed E-state index contributed by atoms with van der Waals surface area (Å²) in [5.41, 5.74) is 1.69. The molecule has 1 unspecified atom stereocenters.